The van der Waals surface area contributed by atoms with Gasteiger partial charge in [0.05, 0.1) is 19.3 Å². The van der Waals surface area contributed by atoms with Crippen molar-refractivity contribution in [1.82, 2.24) is 10.4 Å². The number of nitrogens with zero attached hydrogens (tertiary/aromatic N) is 1. The van der Waals surface area contributed by atoms with Gasteiger partial charge in [0.25, 0.3) is 0 Å². The molecule has 4 N–H and O–H groups in total. The standard InChI is InChI=1S/C9H19N3O4/c10-9(14)7-16-11-5-8(13)6-12-1-3-15-4-2-12/h8,11,13H,1-7H2,(H2,10,14). The van der Waals surface area contributed by atoms with Crippen molar-refractivity contribution < 1.29 is 19.5 Å². The quantitative estimate of drug-likeness (QED) is 0.337. The molecule has 1 aliphatic heterocycles. The number of hydrogen-bond donors (Lipinski definition) is 3. The van der Waals surface area contributed by atoms with Crippen LogP contribution in [-0.4, -0.2) is 68.0 Å². The number of rotatable bonds is 7. The number of carbonyl (C=O) groups excluding carboxylic acids is 1. The number of morpholine rings is 1. The topological polar surface area (TPSA) is 97.1 Å². The first-order chi connectivity index (χ1) is 7.68. The van der Waals surface area contributed by atoms with Crippen LogP contribution in [0.4, 0.5) is 0 Å². The molecule has 1 amide bonds. The number of ether oxygens (including phenoxy) is 1. The maximum absolute atomic E-state index is 10.3. The van der Waals surface area contributed by atoms with Gasteiger partial charge in [0, 0.05) is 26.2 Å². The number of nitrogens with one attached hydrogen (secondary N) is 1. The summed E-state index contributed by atoms with van der Waals surface area (Å²) in [7, 11) is 0. The molecule has 0 radical (unpaired) electrons. The smallest absolute Gasteiger partial charge is 0.245 e. The molecule has 16 heavy (non-hydrogen) atoms. The van der Waals surface area contributed by atoms with E-state index in [9.17, 15) is 9.90 Å². The number of aliphatic hydroxyl groups is 1. The maximum Gasteiger partial charge on any atom is 0.245 e. The van der Waals surface area contributed by atoms with Crippen LogP contribution in [0.1, 0.15) is 0 Å². The van der Waals surface area contributed by atoms with Crippen LogP contribution in [0.3, 0.4) is 0 Å². The van der Waals surface area contributed by atoms with E-state index >= 15 is 0 Å². The molecule has 0 aromatic rings. The van der Waals surface area contributed by atoms with Crippen molar-refractivity contribution in [2.45, 2.75) is 6.10 Å². The average Bonchev–Trinajstić information content (AvgIpc) is 2.25. The number of nitrogens with two attached hydrogens (primary N) is 1. The lowest BCUT2D eigenvalue weighted by molar-refractivity contribution is -0.125. The van der Waals surface area contributed by atoms with Gasteiger partial charge in [-0.1, -0.05) is 0 Å². The van der Waals surface area contributed by atoms with E-state index in [1.807, 2.05) is 0 Å². The van der Waals surface area contributed by atoms with E-state index in [-0.39, 0.29) is 13.2 Å². The predicted molar refractivity (Wildman–Crippen MR) is 56.4 cm³/mol. The van der Waals surface area contributed by atoms with Gasteiger partial charge in [-0.25, -0.2) is 0 Å². The van der Waals surface area contributed by atoms with Crippen molar-refractivity contribution in [1.29, 1.82) is 0 Å². The highest BCUT2D eigenvalue weighted by Gasteiger charge is 2.14. The van der Waals surface area contributed by atoms with E-state index in [4.69, 9.17) is 15.3 Å². The molecule has 1 unspecified atom stereocenters. The van der Waals surface area contributed by atoms with Crippen molar-refractivity contribution in [3.63, 3.8) is 0 Å². The van der Waals surface area contributed by atoms with Crippen LogP contribution in [0.2, 0.25) is 0 Å². The van der Waals surface area contributed by atoms with E-state index < -0.39 is 12.0 Å². The van der Waals surface area contributed by atoms with E-state index in [2.05, 4.69) is 10.4 Å². The minimum Gasteiger partial charge on any atom is -0.390 e. The SMILES string of the molecule is NC(=O)CONCC(O)CN1CCOCC1. The maximum atomic E-state index is 10.3. The molecule has 7 heteroatoms. The minimum atomic E-state index is -0.546. The molecule has 0 spiro atoms. The van der Waals surface area contributed by atoms with Gasteiger partial charge in [-0.15, -0.1) is 0 Å². The number of carbonyl (C=O) groups is 1. The lowest BCUT2D eigenvalue weighted by atomic mass is 10.3. The Hall–Kier alpha value is -0.730. The Kier molecular flexibility index (Phi) is 6.27. The van der Waals surface area contributed by atoms with Crippen molar-refractivity contribution in [3.05, 3.63) is 0 Å². The van der Waals surface area contributed by atoms with E-state index in [0.717, 1.165) is 13.1 Å². The largest absolute Gasteiger partial charge is 0.390 e. The van der Waals surface area contributed by atoms with Crippen LogP contribution in [0.15, 0.2) is 0 Å². The molecule has 1 aliphatic rings. The fourth-order valence-corrected chi connectivity index (χ4v) is 1.42. The Bertz CT molecular complexity index is 209. The summed E-state index contributed by atoms with van der Waals surface area (Å²) in [5, 5.41) is 9.63. The summed E-state index contributed by atoms with van der Waals surface area (Å²) >= 11 is 0. The van der Waals surface area contributed by atoms with Gasteiger partial charge in [-0.3, -0.25) is 14.5 Å². The predicted octanol–water partition coefficient (Wildman–Crippen LogP) is -2.31. The normalized spacial score (nSPS) is 19.6. The van der Waals surface area contributed by atoms with Crippen LogP contribution in [0, 0.1) is 0 Å². The molecule has 1 atom stereocenters. The monoisotopic (exact) mass is 233 g/mol. The third kappa shape index (κ3) is 5.99. The van der Waals surface area contributed by atoms with Gasteiger partial charge in [-0.2, -0.15) is 5.48 Å². The summed E-state index contributed by atoms with van der Waals surface area (Å²) in [5.74, 6) is -0.546. The fraction of sp³-hybridized carbons (Fsp3) is 0.889. The molecule has 0 saturated carbocycles. The third-order valence-corrected chi connectivity index (χ3v) is 2.21. The summed E-state index contributed by atoms with van der Waals surface area (Å²) in [6.07, 6.45) is -0.536. The number of β-amino-alcohol motifs (C(OH)–C–C–N with tert-alkyl or cyclic N) is 1. The Morgan fingerprint density at radius 1 is 1.56 bits per heavy atom. The summed E-state index contributed by atoms with van der Waals surface area (Å²) < 4.78 is 5.19. The van der Waals surface area contributed by atoms with Crippen LogP contribution in [0.25, 0.3) is 0 Å². The summed E-state index contributed by atoms with van der Waals surface area (Å²) in [4.78, 5) is 17.2. The molecule has 7 nitrogen and oxygen atoms in total. The van der Waals surface area contributed by atoms with Crippen molar-refractivity contribution in [2.24, 2.45) is 5.73 Å². The van der Waals surface area contributed by atoms with E-state index in [1.54, 1.807) is 0 Å². The molecule has 0 aliphatic carbocycles. The molecular formula is C9H19N3O4. The number of amides is 1. The Morgan fingerprint density at radius 2 is 2.25 bits per heavy atom. The van der Waals surface area contributed by atoms with E-state index in [1.165, 1.54) is 0 Å². The second-order valence-electron chi connectivity index (χ2n) is 3.67. The van der Waals surface area contributed by atoms with Crippen LogP contribution in [0.5, 0.6) is 0 Å². The molecule has 0 aromatic heterocycles. The second kappa shape index (κ2) is 7.53. The van der Waals surface area contributed by atoms with Gasteiger partial charge in [-0.05, 0) is 0 Å². The summed E-state index contributed by atoms with van der Waals surface area (Å²) in [6.45, 7) is 3.72. The first-order valence-corrected chi connectivity index (χ1v) is 5.29. The highest BCUT2D eigenvalue weighted by molar-refractivity contribution is 5.74. The van der Waals surface area contributed by atoms with Crippen molar-refractivity contribution in [2.75, 3.05) is 46.0 Å². The molecule has 0 aromatic carbocycles. The van der Waals surface area contributed by atoms with Gasteiger partial charge in [0.1, 0.15) is 6.61 Å². The van der Waals surface area contributed by atoms with Crippen molar-refractivity contribution >= 4 is 5.91 Å². The highest BCUT2D eigenvalue weighted by Crippen LogP contribution is 1.97. The van der Waals surface area contributed by atoms with Crippen LogP contribution >= 0.6 is 0 Å². The number of aliphatic hydroxyl groups excluding tert-OH is 1. The average molecular weight is 233 g/mol. The third-order valence-electron chi connectivity index (χ3n) is 2.21. The van der Waals surface area contributed by atoms with E-state index in [0.29, 0.717) is 19.8 Å². The zero-order valence-electron chi connectivity index (χ0n) is 9.22. The number of hydrogen-bond acceptors (Lipinski definition) is 6. The Balaban J connectivity index is 2.01. The lowest BCUT2D eigenvalue weighted by Crippen LogP contribution is -2.44. The van der Waals surface area contributed by atoms with Gasteiger partial charge >= 0.3 is 0 Å². The van der Waals surface area contributed by atoms with Crippen LogP contribution in [-0.2, 0) is 14.4 Å². The molecule has 1 rings (SSSR count). The zero-order valence-corrected chi connectivity index (χ0v) is 9.22. The highest BCUT2D eigenvalue weighted by atomic mass is 16.6. The Labute approximate surface area is 94.4 Å². The van der Waals surface area contributed by atoms with Crippen molar-refractivity contribution in [3.8, 4) is 0 Å². The molecule has 1 heterocycles. The fourth-order valence-electron chi connectivity index (χ4n) is 1.42. The number of hydroxylamine groups is 1. The first-order valence-electron chi connectivity index (χ1n) is 5.29. The molecule has 94 valence electrons. The zero-order chi connectivity index (χ0) is 11.8. The second-order valence-corrected chi connectivity index (χ2v) is 3.67. The lowest BCUT2D eigenvalue weighted by Gasteiger charge is -2.28. The number of primary amides is 1. The first kappa shape index (κ1) is 13.3. The Morgan fingerprint density at radius 3 is 2.88 bits per heavy atom. The molecule has 1 saturated heterocycles. The minimum absolute atomic E-state index is 0.190. The summed E-state index contributed by atoms with van der Waals surface area (Å²) in [5.41, 5.74) is 7.37. The molecular weight excluding hydrogens is 214 g/mol. The van der Waals surface area contributed by atoms with Gasteiger partial charge in [0.15, 0.2) is 0 Å². The summed E-state index contributed by atoms with van der Waals surface area (Å²) in [6, 6.07) is 0. The van der Waals surface area contributed by atoms with Gasteiger partial charge < -0.3 is 15.6 Å². The van der Waals surface area contributed by atoms with Gasteiger partial charge in [0.2, 0.25) is 5.91 Å². The molecule has 1 fully saturated rings. The molecule has 0 bridgehead atoms. The van der Waals surface area contributed by atoms with Crippen LogP contribution < -0.4 is 11.2 Å².